The van der Waals surface area contributed by atoms with E-state index in [-0.39, 0.29) is 0 Å². The third-order valence-electron chi connectivity index (χ3n) is 3.60. The van der Waals surface area contributed by atoms with Gasteiger partial charge in [0.25, 0.3) is 0 Å². The third kappa shape index (κ3) is 2.43. The largest absolute Gasteiger partial charge is 0.368 e. The summed E-state index contributed by atoms with van der Waals surface area (Å²) >= 11 is 6.21. The van der Waals surface area contributed by atoms with Gasteiger partial charge in [-0.1, -0.05) is 6.42 Å². The van der Waals surface area contributed by atoms with Crippen LogP contribution in [0.15, 0.2) is 24.7 Å². The first-order chi connectivity index (χ1) is 8.83. The Kier molecular flexibility index (Phi) is 3.37. The van der Waals surface area contributed by atoms with E-state index in [1.54, 1.807) is 12.4 Å². The van der Waals surface area contributed by atoms with Gasteiger partial charge in [0.1, 0.15) is 5.52 Å². The van der Waals surface area contributed by atoms with Crippen LogP contribution in [0.5, 0.6) is 0 Å². The Labute approximate surface area is 111 Å². The Morgan fingerprint density at radius 2 is 2.33 bits per heavy atom. The molecule has 2 unspecified atom stereocenters. The van der Waals surface area contributed by atoms with E-state index in [1.165, 1.54) is 12.8 Å². The molecule has 4 nitrogen and oxygen atoms in total. The summed E-state index contributed by atoms with van der Waals surface area (Å²) in [4.78, 5) is 4.38. The fourth-order valence-corrected chi connectivity index (χ4v) is 3.05. The number of fused-ring (bicyclic) bond motifs is 1. The van der Waals surface area contributed by atoms with Gasteiger partial charge in [0, 0.05) is 24.3 Å². The Hall–Kier alpha value is -1.29. The van der Waals surface area contributed by atoms with Crippen molar-refractivity contribution in [3.05, 3.63) is 24.7 Å². The van der Waals surface area contributed by atoms with Gasteiger partial charge in [0.2, 0.25) is 0 Å². The maximum atomic E-state index is 6.21. The number of nitrogens with zero attached hydrogens (tertiary/aromatic N) is 3. The number of anilines is 1. The van der Waals surface area contributed by atoms with Crippen LogP contribution in [0.25, 0.3) is 5.52 Å². The zero-order valence-corrected chi connectivity index (χ0v) is 11.0. The van der Waals surface area contributed by atoms with Gasteiger partial charge in [0.15, 0.2) is 5.82 Å². The molecular formula is C13H17ClN4. The molecule has 2 heterocycles. The number of aromatic nitrogens is 3. The lowest BCUT2D eigenvalue weighted by atomic mass is 9.89. The molecule has 2 aromatic rings. The van der Waals surface area contributed by atoms with Gasteiger partial charge in [-0.2, -0.15) is 5.10 Å². The van der Waals surface area contributed by atoms with E-state index >= 15 is 0 Å². The second-order valence-corrected chi connectivity index (χ2v) is 5.56. The predicted molar refractivity (Wildman–Crippen MR) is 73.1 cm³/mol. The van der Waals surface area contributed by atoms with Crippen molar-refractivity contribution in [3.63, 3.8) is 0 Å². The maximum absolute atomic E-state index is 6.21. The number of hydrogen-bond donors (Lipinski definition) is 1. The van der Waals surface area contributed by atoms with Crippen LogP contribution in [0.2, 0.25) is 0 Å². The van der Waals surface area contributed by atoms with Crippen molar-refractivity contribution in [3.8, 4) is 0 Å². The van der Waals surface area contributed by atoms with Crippen LogP contribution in [0.1, 0.15) is 25.7 Å². The highest BCUT2D eigenvalue weighted by atomic mass is 35.5. The van der Waals surface area contributed by atoms with Crippen molar-refractivity contribution in [2.75, 3.05) is 11.9 Å². The molecule has 2 atom stereocenters. The van der Waals surface area contributed by atoms with Gasteiger partial charge in [-0.3, -0.25) is 0 Å². The van der Waals surface area contributed by atoms with E-state index in [4.69, 9.17) is 11.6 Å². The Balaban J connectivity index is 1.67. The van der Waals surface area contributed by atoms with Crippen molar-refractivity contribution >= 4 is 22.9 Å². The quantitative estimate of drug-likeness (QED) is 0.867. The molecule has 18 heavy (non-hydrogen) atoms. The first-order valence-electron chi connectivity index (χ1n) is 6.49. The van der Waals surface area contributed by atoms with Crippen LogP contribution >= 0.6 is 11.6 Å². The smallest absolute Gasteiger partial charge is 0.152 e. The molecule has 3 rings (SSSR count). The highest BCUT2D eigenvalue weighted by molar-refractivity contribution is 6.20. The zero-order chi connectivity index (χ0) is 12.4. The van der Waals surface area contributed by atoms with Crippen LogP contribution in [-0.2, 0) is 0 Å². The molecule has 96 valence electrons. The number of alkyl halides is 1. The van der Waals surface area contributed by atoms with E-state index < -0.39 is 0 Å². The summed E-state index contributed by atoms with van der Waals surface area (Å²) in [7, 11) is 0. The second kappa shape index (κ2) is 5.14. The second-order valence-electron chi connectivity index (χ2n) is 4.95. The summed E-state index contributed by atoms with van der Waals surface area (Å²) in [5, 5.41) is 7.99. The molecule has 2 aromatic heterocycles. The van der Waals surface area contributed by atoms with Gasteiger partial charge in [-0.25, -0.2) is 9.50 Å². The summed E-state index contributed by atoms with van der Waals surface area (Å²) < 4.78 is 1.83. The van der Waals surface area contributed by atoms with Crippen molar-refractivity contribution in [1.29, 1.82) is 0 Å². The molecular weight excluding hydrogens is 248 g/mol. The first kappa shape index (κ1) is 11.8. The highest BCUT2D eigenvalue weighted by Gasteiger charge is 2.20. The topological polar surface area (TPSA) is 42.2 Å². The molecule has 0 bridgehead atoms. The van der Waals surface area contributed by atoms with Gasteiger partial charge in [0.05, 0.1) is 6.20 Å². The fraction of sp³-hybridized carbons (Fsp3) is 0.538. The number of nitrogens with one attached hydrogen (secondary N) is 1. The van der Waals surface area contributed by atoms with Gasteiger partial charge < -0.3 is 5.32 Å². The van der Waals surface area contributed by atoms with Gasteiger partial charge in [-0.15, -0.1) is 11.6 Å². The summed E-state index contributed by atoms with van der Waals surface area (Å²) in [6.07, 6.45) is 10.2. The van der Waals surface area contributed by atoms with E-state index in [2.05, 4.69) is 15.4 Å². The minimum atomic E-state index is 0.351. The minimum absolute atomic E-state index is 0.351. The SMILES string of the molecule is ClC1CCCC(CNc2nccn3nccc23)C1. The summed E-state index contributed by atoms with van der Waals surface area (Å²) in [5.41, 5.74) is 1.02. The number of rotatable bonds is 3. The number of hydrogen-bond acceptors (Lipinski definition) is 3. The van der Waals surface area contributed by atoms with E-state index in [1.807, 2.05) is 16.8 Å². The van der Waals surface area contributed by atoms with Crippen molar-refractivity contribution in [1.82, 2.24) is 14.6 Å². The molecule has 1 aliphatic rings. The van der Waals surface area contributed by atoms with Crippen LogP contribution in [0.4, 0.5) is 5.82 Å². The Morgan fingerprint density at radius 3 is 3.22 bits per heavy atom. The lowest BCUT2D eigenvalue weighted by Crippen LogP contribution is -2.22. The Morgan fingerprint density at radius 1 is 1.39 bits per heavy atom. The predicted octanol–water partition coefficient (Wildman–Crippen LogP) is 2.94. The van der Waals surface area contributed by atoms with Crippen molar-refractivity contribution < 1.29 is 0 Å². The van der Waals surface area contributed by atoms with Gasteiger partial charge >= 0.3 is 0 Å². The average Bonchev–Trinajstić information content (AvgIpc) is 2.85. The van der Waals surface area contributed by atoms with Gasteiger partial charge in [-0.05, 0) is 31.2 Å². The molecule has 0 radical (unpaired) electrons. The first-order valence-corrected chi connectivity index (χ1v) is 6.93. The molecule has 0 saturated heterocycles. The summed E-state index contributed by atoms with van der Waals surface area (Å²) in [5.74, 6) is 1.57. The van der Waals surface area contributed by atoms with Crippen LogP contribution in [0, 0.1) is 5.92 Å². The minimum Gasteiger partial charge on any atom is -0.368 e. The molecule has 1 N–H and O–H groups in total. The van der Waals surface area contributed by atoms with Crippen molar-refractivity contribution in [2.45, 2.75) is 31.1 Å². The molecule has 0 amide bonds. The molecule has 0 aliphatic heterocycles. The summed E-state index contributed by atoms with van der Waals surface area (Å²) in [6.45, 7) is 0.946. The third-order valence-corrected chi connectivity index (χ3v) is 4.00. The van der Waals surface area contributed by atoms with E-state index in [0.29, 0.717) is 11.3 Å². The Bertz CT molecular complexity index is 524. The van der Waals surface area contributed by atoms with Crippen molar-refractivity contribution in [2.24, 2.45) is 5.92 Å². The van der Waals surface area contributed by atoms with Crippen LogP contribution in [-0.4, -0.2) is 26.5 Å². The molecule has 0 aromatic carbocycles. The normalized spacial score (nSPS) is 24.3. The fourth-order valence-electron chi connectivity index (χ4n) is 2.65. The lowest BCUT2D eigenvalue weighted by Gasteiger charge is -2.25. The molecule has 1 aliphatic carbocycles. The molecule has 1 fully saturated rings. The monoisotopic (exact) mass is 264 g/mol. The lowest BCUT2D eigenvalue weighted by molar-refractivity contribution is 0.378. The van der Waals surface area contributed by atoms with E-state index in [0.717, 1.165) is 30.7 Å². The highest BCUT2D eigenvalue weighted by Crippen LogP contribution is 2.28. The van der Waals surface area contributed by atoms with Crippen LogP contribution < -0.4 is 5.32 Å². The zero-order valence-electron chi connectivity index (χ0n) is 10.2. The number of halogens is 1. The van der Waals surface area contributed by atoms with Crippen LogP contribution in [0.3, 0.4) is 0 Å². The molecule has 0 spiro atoms. The molecule has 5 heteroatoms. The maximum Gasteiger partial charge on any atom is 0.152 e. The summed E-state index contributed by atoms with van der Waals surface area (Å²) in [6, 6.07) is 1.97. The average molecular weight is 265 g/mol. The molecule has 1 saturated carbocycles. The standard InChI is InChI=1S/C13H17ClN4/c14-11-3-1-2-10(8-11)9-16-13-12-4-5-17-18(12)7-6-15-13/h4-7,10-11H,1-3,8-9H2,(H,15,16). The van der Waals surface area contributed by atoms with E-state index in [9.17, 15) is 0 Å².